The summed E-state index contributed by atoms with van der Waals surface area (Å²) >= 11 is 0. The highest BCUT2D eigenvalue weighted by Crippen LogP contribution is 2.22. The second-order valence-corrected chi connectivity index (χ2v) is 5.32. The second-order valence-electron chi connectivity index (χ2n) is 5.32. The van der Waals surface area contributed by atoms with Gasteiger partial charge in [-0.25, -0.2) is 4.68 Å². The lowest BCUT2D eigenvalue weighted by atomic mass is 10.0. The number of benzene rings is 1. The summed E-state index contributed by atoms with van der Waals surface area (Å²) in [7, 11) is 0. The zero-order valence-electron chi connectivity index (χ0n) is 12.0. The lowest BCUT2D eigenvalue weighted by Gasteiger charge is -2.32. The summed E-state index contributed by atoms with van der Waals surface area (Å²) in [5.41, 5.74) is 2.29. The molecule has 0 bridgehead atoms. The minimum absolute atomic E-state index is 0.564. The largest absolute Gasteiger partial charge is 0.380 e. The van der Waals surface area contributed by atoms with Crippen molar-refractivity contribution < 1.29 is 0 Å². The molecule has 0 aliphatic carbocycles. The molecular weight excluding hydrogens is 248 g/mol. The fourth-order valence-corrected chi connectivity index (χ4v) is 2.82. The summed E-state index contributed by atoms with van der Waals surface area (Å²) in [6, 6.07) is 10.9. The Labute approximate surface area is 120 Å². The number of likely N-dealkylation sites (tertiary alicyclic amines) is 1. The van der Waals surface area contributed by atoms with Gasteiger partial charge in [0.1, 0.15) is 0 Å². The van der Waals surface area contributed by atoms with E-state index in [0.717, 1.165) is 12.2 Å². The van der Waals surface area contributed by atoms with Gasteiger partial charge in [-0.1, -0.05) is 19.1 Å². The van der Waals surface area contributed by atoms with E-state index in [4.69, 9.17) is 0 Å². The average Bonchev–Trinajstić information content (AvgIpc) is 3.03. The first-order valence-corrected chi connectivity index (χ1v) is 7.44. The number of hydrogen-bond acceptors (Lipinski definition) is 3. The van der Waals surface area contributed by atoms with Crippen LogP contribution in [-0.2, 0) is 0 Å². The molecule has 1 N–H and O–H groups in total. The molecule has 0 saturated carbocycles. The predicted octanol–water partition coefficient (Wildman–Crippen LogP) is 2.77. The van der Waals surface area contributed by atoms with Crippen LogP contribution in [0.25, 0.3) is 5.69 Å². The molecule has 0 spiro atoms. The average molecular weight is 270 g/mol. The van der Waals surface area contributed by atoms with E-state index < -0.39 is 0 Å². The molecule has 0 radical (unpaired) electrons. The zero-order chi connectivity index (χ0) is 13.8. The van der Waals surface area contributed by atoms with Crippen molar-refractivity contribution in [2.75, 3.05) is 25.0 Å². The summed E-state index contributed by atoms with van der Waals surface area (Å²) in [6.45, 7) is 5.79. The van der Waals surface area contributed by atoms with E-state index in [1.165, 1.54) is 31.6 Å². The van der Waals surface area contributed by atoms with E-state index in [1.807, 2.05) is 23.1 Å². The molecule has 1 aromatic heterocycles. The number of para-hydroxylation sites is 2. The molecule has 0 amide bonds. The van der Waals surface area contributed by atoms with Crippen LogP contribution in [-0.4, -0.2) is 40.4 Å². The molecule has 2 aromatic rings. The van der Waals surface area contributed by atoms with Crippen LogP contribution in [0.1, 0.15) is 19.8 Å². The third-order valence-electron chi connectivity index (χ3n) is 4.05. The Morgan fingerprint density at radius 3 is 2.70 bits per heavy atom. The zero-order valence-corrected chi connectivity index (χ0v) is 12.0. The monoisotopic (exact) mass is 270 g/mol. The first-order chi connectivity index (χ1) is 9.86. The van der Waals surface area contributed by atoms with Gasteiger partial charge in [-0.05, 0) is 37.6 Å². The topological polar surface area (TPSA) is 33.1 Å². The molecule has 20 heavy (non-hydrogen) atoms. The van der Waals surface area contributed by atoms with Gasteiger partial charge in [0, 0.05) is 31.5 Å². The number of hydrogen-bond donors (Lipinski definition) is 1. The highest BCUT2D eigenvalue weighted by molar-refractivity contribution is 5.61. The van der Waals surface area contributed by atoms with E-state index in [0.29, 0.717) is 6.04 Å². The fraction of sp³-hybridized carbons (Fsp3) is 0.438. The quantitative estimate of drug-likeness (QED) is 0.927. The van der Waals surface area contributed by atoms with Gasteiger partial charge < -0.3 is 10.2 Å². The molecule has 3 rings (SSSR count). The van der Waals surface area contributed by atoms with Gasteiger partial charge in [0.05, 0.1) is 11.4 Å². The van der Waals surface area contributed by atoms with E-state index in [-0.39, 0.29) is 0 Å². The molecule has 1 saturated heterocycles. The van der Waals surface area contributed by atoms with Crippen molar-refractivity contribution >= 4 is 5.69 Å². The number of anilines is 1. The second kappa shape index (κ2) is 6.09. The molecule has 1 aliphatic rings. The van der Waals surface area contributed by atoms with Crippen molar-refractivity contribution in [3.63, 3.8) is 0 Å². The predicted molar refractivity (Wildman–Crippen MR) is 82.3 cm³/mol. The minimum atomic E-state index is 0.564. The fourth-order valence-electron chi connectivity index (χ4n) is 2.82. The van der Waals surface area contributed by atoms with E-state index >= 15 is 0 Å². The van der Waals surface area contributed by atoms with Gasteiger partial charge in [-0.15, -0.1) is 0 Å². The normalized spacial score (nSPS) is 17.2. The standard InChI is InChI=1S/C16H22N4/c1-2-19-12-8-14(9-13-19)18-15-6-3-4-7-16(15)20-11-5-10-17-20/h3-7,10-11,14,18H,2,8-9,12-13H2,1H3. The lowest BCUT2D eigenvalue weighted by Crippen LogP contribution is -2.39. The number of piperidine rings is 1. The Morgan fingerprint density at radius 2 is 2.00 bits per heavy atom. The van der Waals surface area contributed by atoms with Crippen LogP contribution in [0, 0.1) is 0 Å². The van der Waals surface area contributed by atoms with Crippen molar-refractivity contribution in [2.45, 2.75) is 25.8 Å². The van der Waals surface area contributed by atoms with Crippen molar-refractivity contribution in [2.24, 2.45) is 0 Å². The number of nitrogens with zero attached hydrogens (tertiary/aromatic N) is 3. The van der Waals surface area contributed by atoms with Crippen molar-refractivity contribution in [1.29, 1.82) is 0 Å². The molecule has 1 aliphatic heterocycles. The van der Waals surface area contributed by atoms with Crippen molar-refractivity contribution in [3.05, 3.63) is 42.7 Å². The third kappa shape index (κ3) is 2.85. The van der Waals surface area contributed by atoms with Crippen LogP contribution in [0.15, 0.2) is 42.7 Å². The Hall–Kier alpha value is -1.81. The van der Waals surface area contributed by atoms with Crippen LogP contribution in [0.5, 0.6) is 0 Å². The van der Waals surface area contributed by atoms with Crippen LogP contribution >= 0.6 is 0 Å². The summed E-state index contributed by atoms with van der Waals surface area (Å²) in [4.78, 5) is 2.51. The van der Waals surface area contributed by atoms with E-state index in [2.05, 4.69) is 46.5 Å². The van der Waals surface area contributed by atoms with Crippen molar-refractivity contribution in [1.82, 2.24) is 14.7 Å². The summed E-state index contributed by atoms with van der Waals surface area (Å²) in [5, 5.41) is 8.03. The Balaban J connectivity index is 1.72. The first kappa shape index (κ1) is 13.2. The van der Waals surface area contributed by atoms with Crippen LogP contribution in [0.4, 0.5) is 5.69 Å². The Bertz CT molecular complexity index is 527. The highest BCUT2D eigenvalue weighted by atomic mass is 15.3. The van der Waals surface area contributed by atoms with Crippen LogP contribution < -0.4 is 5.32 Å². The molecule has 4 heteroatoms. The molecule has 1 fully saturated rings. The summed E-state index contributed by atoms with van der Waals surface area (Å²) in [5.74, 6) is 0. The van der Waals surface area contributed by atoms with Gasteiger partial charge in [0.25, 0.3) is 0 Å². The number of rotatable bonds is 4. The summed E-state index contributed by atoms with van der Waals surface area (Å²) < 4.78 is 1.92. The van der Waals surface area contributed by atoms with Gasteiger partial charge in [0.15, 0.2) is 0 Å². The third-order valence-corrected chi connectivity index (χ3v) is 4.05. The molecule has 0 unspecified atom stereocenters. The van der Waals surface area contributed by atoms with Gasteiger partial charge >= 0.3 is 0 Å². The van der Waals surface area contributed by atoms with Crippen molar-refractivity contribution in [3.8, 4) is 5.69 Å². The SMILES string of the molecule is CCN1CCC(Nc2ccccc2-n2cccn2)CC1. The maximum atomic E-state index is 4.33. The minimum Gasteiger partial charge on any atom is -0.380 e. The molecule has 0 atom stereocenters. The summed E-state index contributed by atoms with van der Waals surface area (Å²) in [6.07, 6.45) is 6.22. The smallest absolute Gasteiger partial charge is 0.0876 e. The maximum absolute atomic E-state index is 4.33. The molecule has 4 nitrogen and oxygen atoms in total. The molecule has 2 heterocycles. The lowest BCUT2D eigenvalue weighted by molar-refractivity contribution is 0.229. The number of aromatic nitrogens is 2. The van der Waals surface area contributed by atoms with E-state index in [1.54, 1.807) is 0 Å². The Kier molecular flexibility index (Phi) is 4.02. The van der Waals surface area contributed by atoms with Gasteiger partial charge in [-0.3, -0.25) is 0 Å². The van der Waals surface area contributed by atoms with E-state index in [9.17, 15) is 0 Å². The van der Waals surface area contributed by atoms with Crippen LogP contribution in [0.2, 0.25) is 0 Å². The van der Waals surface area contributed by atoms with Crippen LogP contribution in [0.3, 0.4) is 0 Å². The Morgan fingerprint density at radius 1 is 1.20 bits per heavy atom. The molecule has 1 aromatic carbocycles. The molecule has 106 valence electrons. The highest BCUT2D eigenvalue weighted by Gasteiger charge is 2.18. The van der Waals surface area contributed by atoms with Gasteiger partial charge in [-0.2, -0.15) is 5.10 Å². The maximum Gasteiger partial charge on any atom is 0.0876 e. The molecular formula is C16H22N4. The first-order valence-electron chi connectivity index (χ1n) is 7.44. The van der Waals surface area contributed by atoms with Gasteiger partial charge in [0.2, 0.25) is 0 Å². The number of nitrogens with one attached hydrogen (secondary N) is 1.